The Balaban J connectivity index is 2.27. The SMILES string of the molecule is CCC1CC(F)(c2ncccc2C)CCN1. The Bertz CT molecular complexity index is 367. The van der Waals surface area contributed by atoms with Crippen molar-refractivity contribution in [3.05, 3.63) is 29.6 Å². The Hall–Kier alpha value is -0.960. The molecule has 0 bridgehead atoms. The fourth-order valence-corrected chi connectivity index (χ4v) is 2.50. The molecule has 2 rings (SSSR count). The summed E-state index contributed by atoms with van der Waals surface area (Å²) < 4.78 is 14.9. The van der Waals surface area contributed by atoms with Gasteiger partial charge in [-0.05, 0) is 37.9 Å². The summed E-state index contributed by atoms with van der Waals surface area (Å²) in [5.41, 5.74) is 0.355. The molecule has 16 heavy (non-hydrogen) atoms. The zero-order valence-electron chi connectivity index (χ0n) is 9.96. The minimum atomic E-state index is -1.24. The molecule has 0 aromatic carbocycles. The van der Waals surface area contributed by atoms with Gasteiger partial charge in [-0.3, -0.25) is 4.98 Å². The minimum Gasteiger partial charge on any atom is -0.314 e. The number of alkyl halides is 1. The molecule has 1 N–H and O–H groups in total. The Kier molecular flexibility index (Phi) is 3.24. The van der Waals surface area contributed by atoms with Crippen LogP contribution < -0.4 is 5.32 Å². The smallest absolute Gasteiger partial charge is 0.155 e. The lowest BCUT2D eigenvalue weighted by Gasteiger charge is -2.35. The van der Waals surface area contributed by atoms with Crippen LogP contribution in [0.5, 0.6) is 0 Å². The standard InChI is InChI=1S/C13H19FN2/c1-3-11-9-13(14,6-8-15-11)12-10(2)5-4-7-16-12/h4-5,7,11,15H,3,6,8-9H2,1-2H3. The normalized spacial score (nSPS) is 30.3. The van der Waals surface area contributed by atoms with Crippen molar-refractivity contribution in [3.8, 4) is 0 Å². The van der Waals surface area contributed by atoms with Crippen LogP contribution in [-0.2, 0) is 5.67 Å². The molecule has 0 saturated carbocycles. The Morgan fingerprint density at radius 2 is 2.44 bits per heavy atom. The topological polar surface area (TPSA) is 24.9 Å². The molecule has 2 atom stereocenters. The van der Waals surface area contributed by atoms with Crippen LogP contribution in [0.25, 0.3) is 0 Å². The van der Waals surface area contributed by atoms with E-state index in [9.17, 15) is 4.39 Å². The first-order valence-corrected chi connectivity index (χ1v) is 6.00. The van der Waals surface area contributed by atoms with Gasteiger partial charge < -0.3 is 5.32 Å². The predicted octanol–water partition coefficient (Wildman–Crippen LogP) is 2.72. The maximum atomic E-state index is 14.9. The highest BCUT2D eigenvalue weighted by molar-refractivity contribution is 5.25. The highest BCUT2D eigenvalue weighted by Crippen LogP contribution is 2.37. The van der Waals surface area contributed by atoms with Crippen LogP contribution in [0.15, 0.2) is 18.3 Å². The van der Waals surface area contributed by atoms with Crippen molar-refractivity contribution in [2.45, 2.75) is 44.8 Å². The molecule has 1 aromatic rings. The van der Waals surface area contributed by atoms with E-state index in [-0.39, 0.29) is 6.04 Å². The lowest BCUT2D eigenvalue weighted by molar-refractivity contribution is 0.0839. The average Bonchev–Trinajstić information content (AvgIpc) is 2.29. The van der Waals surface area contributed by atoms with Gasteiger partial charge in [-0.2, -0.15) is 0 Å². The van der Waals surface area contributed by atoms with Gasteiger partial charge in [-0.1, -0.05) is 13.0 Å². The molecule has 1 aliphatic rings. The summed E-state index contributed by atoms with van der Waals surface area (Å²) >= 11 is 0. The number of piperidine rings is 1. The number of nitrogens with zero attached hydrogens (tertiary/aromatic N) is 1. The molecule has 2 unspecified atom stereocenters. The Morgan fingerprint density at radius 3 is 3.12 bits per heavy atom. The van der Waals surface area contributed by atoms with Crippen LogP contribution in [0.4, 0.5) is 4.39 Å². The highest BCUT2D eigenvalue weighted by atomic mass is 19.1. The first-order valence-electron chi connectivity index (χ1n) is 6.00. The van der Waals surface area contributed by atoms with Crippen molar-refractivity contribution in [2.24, 2.45) is 0 Å². The van der Waals surface area contributed by atoms with Crippen molar-refractivity contribution in [1.82, 2.24) is 10.3 Å². The van der Waals surface area contributed by atoms with Gasteiger partial charge >= 0.3 is 0 Å². The summed E-state index contributed by atoms with van der Waals surface area (Å²) in [6.45, 7) is 4.77. The zero-order valence-corrected chi connectivity index (χ0v) is 9.96. The lowest BCUT2D eigenvalue weighted by atomic mass is 9.84. The van der Waals surface area contributed by atoms with Gasteiger partial charge in [0, 0.05) is 18.7 Å². The van der Waals surface area contributed by atoms with E-state index in [1.54, 1.807) is 6.20 Å². The lowest BCUT2D eigenvalue weighted by Crippen LogP contribution is -2.44. The van der Waals surface area contributed by atoms with Gasteiger partial charge in [-0.25, -0.2) is 4.39 Å². The molecule has 3 heteroatoms. The molecule has 0 amide bonds. The summed E-state index contributed by atoms with van der Waals surface area (Å²) in [7, 11) is 0. The first kappa shape index (κ1) is 11.5. The van der Waals surface area contributed by atoms with Crippen LogP contribution in [0.3, 0.4) is 0 Å². The number of halogens is 1. The molecular formula is C13H19FN2. The average molecular weight is 222 g/mol. The van der Waals surface area contributed by atoms with Crippen molar-refractivity contribution >= 4 is 0 Å². The predicted molar refractivity (Wildman–Crippen MR) is 63.1 cm³/mol. The summed E-state index contributed by atoms with van der Waals surface area (Å²) in [4.78, 5) is 4.24. The van der Waals surface area contributed by atoms with Crippen LogP contribution in [-0.4, -0.2) is 17.6 Å². The highest BCUT2D eigenvalue weighted by Gasteiger charge is 2.39. The summed E-state index contributed by atoms with van der Waals surface area (Å²) in [5.74, 6) is 0. The second-order valence-corrected chi connectivity index (χ2v) is 4.65. The number of nitrogens with one attached hydrogen (secondary N) is 1. The second-order valence-electron chi connectivity index (χ2n) is 4.65. The minimum absolute atomic E-state index is 0.278. The molecule has 2 heterocycles. The third-order valence-corrected chi connectivity index (χ3v) is 3.45. The molecule has 0 radical (unpaired) electrons. The third-order valence-electron chi connectivity index (χ3n) is 3.45. The van der Waals surface area contributed by atoms with E-state index in [1.165, 1.54) is 0 Å². The third kappa shape index (κ3) is 2.09. The largest absolute Gasteiger partial charge is 0.314 e. The fraction of sp³-hybridized carbons (Fsp3) is 0.615. The van der Waals surface area contributed by atoms with Crippen molar-refractivity contribution in [1.29, 1.82) is 0 Å². The van der Waals surface area contributed by atoms with Gasteiger partial charge in [0.05, 0.1) is 5.69 Å². The molecule has 88 valence electrons. The van der Waals surface area contributed by atoms with Gasteiger partial charge in [-0.15, -0.1) is 0 Å². The molecule has 1 aromatic heterocycles. The van der Waals surface area contributed by atoms with E-state index in [0.29, 0.717) is 18.5 Å². The molecule has 0 aliphatic carbocycles. The van der Waals surface area contributed by atoms with Gasteiger partial charge in [0.25, 0.3) is 0 Å². The van der Waals surface area contributed by atoms with Gasteiger partial charge in [0.1, 0.15) is 0 Å². The van der Waals surface area contributed by atoms with Gasteiger partial charge in [0.15, 0.2) is 5.67 Å². The summed E-state index contributed by atoms with van der Waals surface area (Å²) in [6, 6.07) is 4.08. The monoisotopic (exact) mass is 222 g/mol. The number of hydrogen-bond acceptors (Lipinski definition) is 2. The number of hydrogen-bond donors (Lipinski definition) is 1. The van der Waals surface area contributed by atoms with Crippen LogP contribution in [0.2, 0.25) is 0 Å². The van der Waals surface area contributed by atoms with Crippen LogP contribution in [0.1, 0.15) is 37.4 Å². The molecule has 2 nitrogen and oxygen atoms in total. The molecule has 0 spiro atoms. The Labute approximate surface area is 96.3 Å². The summed E-state index contributed by atoms with van der Waals surface area (Å²) in [5, 5.41) is 3.35. The quantitative estimate of drug-likeness (QED) is 0.832. The van der Waals surface area contributed by atoms with Crippen molar-refractivity contribution < 1.29 is 4.39 Å². The number of aromatic nitrogens is 1. The Morgan fingerprint density at radius 1 is 1.62 bits per heavy atom. The second kappa shape index (κ2) is 4.50. The van der Waals surface area contributed by atoms with E-state index in [4.69, 9.17) is 0 Å². The number of rotatable bonds is 2. The molecule has 1 fully saturated rings. The van der Waals surface area contributed by atoms with E-state index in [1.807, 2.05) is 19.1 Å². The fourth-order valence-electron chi connectivity index (χ4n) is 2.50. The maximum Gasteiger partial charge on any atom is 0.155 e. The van der Waals surface area contributed by atoms with E-state index in [0.717, 1.165) is 18.5 Å². The number of aryl methyl sites for hydroxylation is 1. The molecule has 1 aliphatic heterocycles. The van der Waals surface area contributed by atoms with E-state index >= 15 is 0 Å². The van der Waals surface area contributed by atoms with E-state index < -0.39 is 5.67 Å². The van der Waals surface area contributed by atoms with Gasteiger partial charge in [0.2, 0.25) is 0 Å². The first-order chi connectivity index (χ1) is 7.65. The zero-order chi connectivity index (χ0) is 11.6. The molecule has 1 saturated heterocycles. The molecular weight excluding hydrogens is 203 g/mol. The van der Waals surface area contributed by atoms with Crippen molar-refractivity contribution in [3.63, 3.8) is 0 Å². The van der Waals surface area contributed by atoms with Crippen LogP contribution in [0, 0.1) is 6.92 Å². The van der Waals surface area contributed by atoms with Crippen LogP contribution >= 0.6 is 0 Å². The van der Waals surface area contributed by atoms with E-state index in [2.05, 4.69) is 17.2 Å². The summed E-state index contributed by atoms with van der Waals surface area (Å²) in [6.07, 6.45) is 3.73. The number of pyridine rings is 1. The van der Waals surface area contributed by atoms with Crippen molar-refractivity contribution in [2.75, 3.05) is 6.54 Å². The maximum absolute atomic E-state index is 14.9.